The Labute approximate surface area is 96.9 Å². The molecule has 1 fully saturated rings. The number of ether oxygens (including phenoxy) is 2. The average Bonchev–Trinajstić information content (AvgIpc) is 2.25. The van der Waals surface area contributed by atoms with Crippen molar-refractivity contribution in [1.29, 1.82) is 0 Å². The Morgan fingerprint density at radius 1 is 1.44 bits per heavy atom. The molecule has 4 heteroatoms. The van der Waals surface area contributed by atoms with Gasteiger partial charge in [0.15, 0.2) is 5.60 Å². The molecule has 0 amide bonds. The van der Waals surface area contributed by atoms with E-state index in [4.69, 9.17) is 9.47 Å². The van der Waals surface area contributed by atoms with E-state index >= 15 is 0 Å². The van der Waals surface area contributed by atoms with Gasteiger partial charge in [0.05, 0.1) is 0 Å². The summed E-state index contributed by atoms with van der Waals surface area (Å²) in [6.07, 6.45) is 2.92. The Morgan fingerprint density at radius 2 is 2.06 bits per heavy atom. The maximum Gasteiger partial charge on any atom is 0.336 e. The Kier molecular flexibility index (Phi) is 5.22. The lowest BCUT2D eigenvalue weighted by molar-refractivity contribution is -0.178. The summed E-state index contributed by atoms with van der Waals surface area (Å²) in [5, 5.41) is 9.22. The third-order valence-corrected chi connectivity index (χ3v) is 2.99. The van der Waals surface area contributed by atoms with Gasteiger partial charge in [-0.05, 0) is 18.8 Å². The molecule has 1 aliphatic rings. The first-order valence-electron chi connectivity index (χ1n) is 6.02. The first kappa shape index (κ1) is 13.5. The molecule has 1 rings (SSSR count). The van der Waals surface area contributed by atoms with Crippen LogP contribution in [0, 0.1) is 5.92 Å². The summed E-state index contributed by atoms with van der Waals surface area (Å²) >= 11 is 0. The molecule has 0 spiro atoms. The minimum absolute atomic E-state index is 0.462. The number of hydrogen-bond donors (Lipinski definition) is 1. The molecule has 0 unspecified atom stereocenters. The van der Waals surface area contributed by atoms with Crippen LogP contribution in [0.5, 0.6) is 0 Å². The second-order valence-electron chi connectivity index (χ2n) is 4.80. The molecule has 1 N–H and O–H groups in total. The molecule has 0 saturated carbocycles. The first-order chi connectivity index (χ1) is 7.57. The minimum Gasteiger partial charge on any atom is -0.479 e. The molecule has 0 bridgehead atoms. The molecule has 0 atom stereocenters. The predicted octanol–water partition coefficient (Wildman–Crippen LogP) is 2.07. The molecule has 0 aromatic carbocycles. The Hall–Kier alpha value is -0.610. The minimum atomic E-state index is -0.991. The van der Waals surface area contributed by atoms with Crippen molar-refractivity contribution in [3.63, 3.8) is 0 Å². The van der Waals surface area contributed by atoms with Crippen LogP contribution in [0.25, 0.3) is 0 Å². The number of carboxylic acids is 1. The summed E-state index contributed by atoms with van der Waals surface area (Å²) in [4.78, 5) is 11.2. The van der Waals surface area contributed by atoms with Gasteiger partial charge in [-0.2, -0.15) is 0 Å². The van der Waals surface area contributed by atoms with E-state index in [1.54, 1.807) is 0 Å². The highest BCUT2D eigenvalue weighted by Gasteiger charge is 2.41. The van der Waals surface area contributed by atoms with Crippen LogP contribution in [-0.4, -0.2) is 36.5 Å². The number of carbonyl (C=O) groups is 1. The Bertz CT molecular complexity index is 219. The van der Waals surface area contributed by atoms with Crippen molar-refractivity contribution in [2.75, 3.05) is 19.8 Å². The van der Waals surface area contributed by atoms with Gasteiger partial charge in [0.2, 0.25) is 0 Å². The second-order valence-corrected chi connectivity index (χ2v) is 4.80. The number of carboxylic acid groups (broad SMARTS) is 1. The Balaban J connectivity index is 2.36. The standard InChI is InChI=1S/C12H22O4/c1-10(2)4-3-7-16-12(11(13)14)5-8-15-9-6-12/h10H,3-9H2,1-2H3,(H,13,14). The molecule has 1 heterocycles. The normalized spacial score (nSPS) is 19.9. The third-order valence-electron chi connectivity index (χ3n) is 2.99. The van der Waals surface area contributed by atoms with Crippen LogP contribution >= 0.6 is 0 Å². The summed E-state index contributed by atoms with van der Waals surface area (Å²) in [5.74, 6) is -0.209. The monoisotopic (exact) mass is 230 g/mol. The van der Waals surface area contributed by atoms with Crippen molar-refractivity contribution in [2.45, 2.75) is 45.1 Å². The quantitative estimate of drug-likeness (QED) is 0.710. The van der Waals surface area contributed by atoms with Crippen molar-refractivity contribution in [3.05, 3.63) is 0 Å². The zero-order valence-corrected chi connectivity index (χ0v) is 10.2. The molecule has 1 aliphatic heterocycles. The van der Waals surface area contributed by atoms with E-state index in [9.17, 15) is 9.90 Å². The molecule has 0 aromatic heterocycles. The lowest BCUT2D eigenvalue weighted by Gasteiger charge is -2.33. The van der Waals surface area contributed by atoms with Gasteiger partial charge in [0, 0.05) is 32.7 Å². The SMILES string of the molecule is CC(C)CCCOC1(C(=O)O)CCOCC1. The van der Waals surface area contributed by atoms with E-state index in [2.05, 4.69) is 13.8 Å². The van der Waals surface area contributed by atoms with Crippen molar-refractivity contribution in [3.8, 4) is 0 Å². The highest BCUT2D eigenvalue weighted by Crippen LogP contribution is 2.26. The molecule has 4 nitrogen and oxygen atoms in total. The van der Waals surface area contributed by atoms with E-state index in [0.717, 1.165) is 12.8 Å². The number of hydrogen-bond acceptors (Lipinski definition) is 3. The van der Waals surface area contributed by atoms with E-state index in [1.165, 1.54) is 0 Å². The van der Waals surface area contributed by atoms with Gasteiger partial charge in [-0.3, -0.25) is 0 Å². The van der Waals surface area contributed by atoms with Gasteiger partial charge in [0.25, 0.3) is 0 Å². The molecule has 0 aliphatic carbocycles. The summed E-state index contributed by atoms with van der Waals surface area (Å²) in [5.41, 5.74) is -0.991. The van der Waals surface area contributed by atoms with Gasteiger partial charge in [0.1, 0.15) is 0 Å². The van der Waals surface area contributed by atoms with Gasteiger partial charge >= 0.3 is 5.97 Å². The van der Waals surface area contributed by atoms with Crippen LogP contribution in [0.1, 0.15) is 39.5 Å². The molecule has 0 aromatic rings. The third kappa shape index (κ3) is 3.76. The van der Waals surface area contributed by atoms with Crippen molar-refractivity contribution >= 4 is 5.97 Å². The van der Waals surface area contributed by atoms with Gasteiger partial charge in [-0.15, -0.1) is 0 Å². The Morgan fingerprint density at radius 3 is 2.56 bits per heavy atom. The van der Waals surface area contributed by atoms with Crippen LogP contribution in [0.2, 0.25) is 0 Å². The fraction of sp³-hybridized carbons (Fsp3) is 0.917. The van der Waals surface area contributed by atoms with E-state index in [-0.39, 0.29) is 0 Å². The summed E-state index contributed by atoms with van der Waals surface area (Å²) in [6.45, 7) is 5.81. The van der Waals surface area contributed by atoms with Gasteiger partial charge in [-0.1, -0.05) is 13.8 Å². The largest absolute Gasteiger partial charge is 0.479 e. The summed E-state index contributed by atoms with van der Waals surface area (Å²) < 4.78 is 10.8. The molecule has 94 valence electrons. The fourth-order valence-electron chi connectivity index (χ4n) is 1.88. The lowest BCUT2D eigenvalue weighted by Crippen LogP contribution is -2.46. The van der Waals surface area contributed by atoms with Crippen LogP contribution < -0.4 is 0 Å². The van der Waals surface area contributed by atoms with Crippen molar-refractivity contribution in [1.82, 2.24) is 0 Å². The maximum atomic E-state index is 11.2. The molecule has 16 heavy (non-hydrogen) atoms. The van der Waals surface area contributed by atoms with Gasteiger partial charge < -0.3 is 14.6 Å². The lowest BCUT2D eigenvalue weighted by atomic mass is 9.94. The average molecular weight is 230 g/mol. The van der Waals surface area contributed by atoms with Crippen LogP contribution in [0.4, 0.5) is 0 Å². The molecular weight excluding hydrogens is 208 g/mol. The van der Waals surface area contributed by atoms with E-state index < -0.39 is 11.6 Å². The summed E-state index contributed by atoms with van der Waals surface area (Å²) in [7, 11) is 0. The van der Waals surface area contributed by atoms with Crippen LogP contribution in [-0.2, 0) is 14.3 Å². The maximum absolute atomic E-state index is 11.2. The fourth-order valence-corrected chi connectivity index (χ4v) is 1.88. The highest BCUT2D eigenvalue weighted by atomic mass is 16.5. The second kappa shape index (κ2) is 6.21. The highest BCUT2D eigenvalue weighted by molar-refractivity contribution is 5.77. The van der Waals surface area contributed by atoms with Crippen LogP contribution in [0.15, 0.2) is 0 Å². The van der Waals surface area contributed by atoms with E-state index in [1.807, 2.05) is 0 Å². The summed E-state index contributed by atoms with van der Waals surface area (Å²) in [6, 6.07) is 0. The molecule has 1 saturated heterocycles. The smallest absolute Gasteiger partial charge is 0.336 e. The molecule has 0 radical (unpaired) electrons. The van der Waals surface area contributed by atoms with Crippen LogP contribution in [0.3, 0.4) is 0 Å². The zero-order valence-electron chi connectivity index (χ0n) is 10.2. The zero-order chi connectivity index (χ0) is 12.0. The predicted molar refractivity (Wildman–Crippen MR) is 60.4 cm³/mol. The van der Waals surface area contributed by atoms with Crippen molar-refractivity contribution in [2.24, 2.45) is 5.92 Å². The number of rotatable bonds is 6. The van der Waals surface area contributed by atoms with Crippen molar-refractivity contribution < 1.29 is 19.4 Å². The van der Waals surface area contributed by atoms with E-state index in [0.29, 0.717) is 38.6 Å². The topological polar surface area (TPSA) is 55.8 Å². The van der Waals surface area contributed by atoms with Gasteiger partial charge in [-0.25, -0.2) is 4.79 Å². The molecular formula is C12H22O4. The first-order valence-corrected chi connectivity index (χ1v) is 6.02. The number of aliphatic carboxylic acids is 1.